The zero-order valence-electron chi connectivity index (χ0n) is 12.2. The molecule has 0 bridgehead atoms. The number of nitrogens with one attached hydrogen (secondary N) is 2. The molecule has 1 heterocycles. The second kappa shape index (κ2) is 7.14. The Bertz CT molecular complexity index is 491. The topological polar surface area (TPSA) is 57.3 Å². The Morgan fingerprint density at radius 1 is 1.33 bits per heavy atom. The number of hydrogen-bond acceptors (Lipinski definition) is 4. The van der Waals surface area contributed by atoms with E-state index in [4.69, 9.17) is 0 Å². The monoisotopic (exact) mass is 304 g/mol. The summed E-state index contributed by atoms with van der Waals surface area (Å²) in [6.45, 7) is 2.27. The molecule has 0 spiro atoms. The van der Waals surface area contributed by atoms with E-state index in [0.29, 0.717) is 13.0 Å². The van der Waals surface area contributed by atoms with Crippen LogP contribution in [0.15, 0.2) is 12.1 Å². The quantitative estimate of drug-likeness (QED) is 0.845. The number of amides is 1. The van der Waals surface area contributed by atoms with Gasteiger partial charge in [0.05, 0.1) is 12.1 Å². The normalized spacial score (nSPS) is 11.1. The fraction of sp³-hybridized carbons (Fsp3) is 0.538. The summed E-state index contributed by atoms with van der Waals surface area (Å²) in [6, 6.07) is 1.90. The predicted octanol–water partition coefficient (Wildman–Crippen LogP) is 2.10. The first-order chi connectivity index (χ1) is 9.81. The Morgan fingerprint density at radius 3 is 2.48 bits per heavy atom. The molecule has 1 amide bonds. The molecule has 0 radical (unpaired) electrons. The number of pyridine rings is 1. The molecule has 0 aliphatic carbocycles. The lowest BCUT2D eigenvalue weighted by Gasteiger charge is -2.23. The summed E-state index contributed by atoms with van der Waals surface area (Å²) in [5, 5.41) is 5.06. The lowest BCUT2D eigenvalue weighted by molar-refractivity contribution is -0.137. The lowest BCUT2D eigenvalue weighted by Crippen LogP contribution is -2.36. The van der Waals surface area contributed by atoms with Crippen molar-refractivity contribution in [2.24, 2.45) is 0 Å². The summed E-state index contributed by atoms with van der Waals surface area (Å²) in [6.07, 6.45) is -3.78. The van der Waals surface area contributed by atoms with Gasteiger partial charge in [-0.1, -0.05) is 6.92 Å². The van der Waals surface area contributed by atoms with Crippen LogP contribution >= 0.6 is 0 Å². The van der Waals surface area contributed by atoms with Crippen LogP contribution in [-0.2, 0) is 11.0 Å². The number of likely N-dealkylation sites (N-methyl/N-ethyl adjacent to an activating group) is 1. The third-order valence-corrected chi connectivity index (χ3v) is 2.83. The number of halogens is 3. The number of carbonyl (C=O) groups excluding carboxylic acids is 1. The molecule has 2 N–H and O–H groups in total. The average Bonchev–Trinajstić information content (AvgIpc) is 2.45. The van der Waals surface area contributed by atoms with E-state index in [9.17, 15) is 18.0 Å². The molecule has 1 aromatic heterocycles. The highest BCUT2D eigenvalue weighted by Crippen LogP contribution is 2.32. The molecule has 1 rings (SSSR count). The Labute approximate surface area is 121 Å². The van der Waals surface area contributed by atoms with Crippen LogP contribution < -0.4 is 15.5 Å². The number of hydrogen-bond donors (Lipinski definition) is 2. The zero-order chi connectivity index (χ0) is 16.0. The third-order valence-electron chi connectivity index (χ3n) is 2.83. The van der Waals surface area contributed by atoms with Gasteiger partial charge in [0, 0.05) is 20.6 Å². The molecule has 21 heavy (non-hydrogen) atoms. The summed E-state index contributed by atoms with van der Waals surface area (Å²) in [7, 11) is 2.97. The Kier molecular flexibility index (Phi) is 5.80. The SMILES string of the molecule is CCCN(CC(=O)NC)c1cc(C(F)(F)F)cc(NC)n1. The van der Waals surface area contributed by atoms with E-state index in [2.05, 4.69) is 15.6 Å². The van der Waals surface area contributed by atoms with Gasteiger partial charge >= 0.3 is 6.18 Å². The Hall–Kier alpha value is -1.99. The Morgan fingerprint density at radius 2 is 2.00 bits per heavy atom. The van der Waals surface area contributed by atoms with Crippen LogP contribution in [0.25, 0.3) is 0 Å². The van der Waals surface area contributed by atoms with Gasteiger partial charge in [-0.25, -0.2) is 4.98 Å². The third kappa shape index (κ3) is 4.80. The Balaban J connectivity index is 3.20. The van der Waals surface area contributed by atoms with Crippen molar-refractivity contribution in [3.63, 3.8) is 0 Å². The summed E-state index contributed by atoms with van der Waals surface area (Å²) in [4.78, 5) is 17.1. The average molecular weight is 304 g/mol. The van der Waals surface area contributed by atoms with Gasteiger partial charge in [0.2, 0.25) is 5.91 Å². The van der Waals surface area contributed by atoms with Gasteiger partial charge in [-0.2, -0.15) is 13.2 Å². The standard InChI is InChI=1S/C13H19F3N4O/c1-4-5-20(8-12(21)18-3)11-7-9(13(14,15)16)6-10(17-2)19-11/h6-7H,4-5,8H2,1-3H3,(H,17,19)(H,18,21). The molecule has 1 aromatic rings. The van der Waals surface area contributed by atoms with Crippen molar-refractivity contribution >= 4 is 17.5 Å². The van der Waals surface area contributed by atoms with E-state index in [0.717, 1.165) is 12.1 Å². The highest BCUT2D eigenvalue weighted by atomic mass is 19.4. The number of nitrogens with zero attached hydrogens (tertiary/aromatic N) is 2. The second-order valence-electron chi connectivity index (χ2n) is 4.44. The summed E-state index contributed by atoms with van der Waals surface area (Å²) < 4.78 is 38.7. The van der Waals surface area contributed by atoms with E-state index < -0.39 is 11.7 Å². The molecule has 118 valence electrons. The van der Waals surface area contributed by atoms with Crippen LogP contribution in [0.2, 0.25) is 0 Å². The van der Waals surface area contributed by atoms with Crippen molar-refractivity contribution in [2.75, 3.05) is 37.4 Å². The van der Waals surface area contributed by atoms with Crippen molar-refractivity contribution in [1.82, 2.24) is 10.3 Å². The fourth-order valence-electron chi connectivity index (χ4n) is 1.77. The van der Waals surface area contributed by atoms with Crippen molar-refractivity contribution in [3.8, 4) is 0 Å². The van der Waals surface area contributed by atoms with E-state index in [1.54, 1.807) is 0 Å². The van der Waals surface area contributed by atoms with Crippen molar-refractivity contribution in [3.05, 3.63) is 17.7 Å². The summed E-state index contributed by atoms with van der Waals surface area (Å²) in [5.74, 6) is -0.0499. The predicted molar refractivity (Wildman–Crippen MR) is 75.4 cm³/mol. The largest absolute Gasteiger partial charge is 0.416 e. The number of carbonyl (C=O) groups is 1. The van der Waals surface area contributed by atoms with E-state index >= 15 is 0 Å². The first kappa shape index (κ1) is 17.1. The van der Waals surface area contributed by atoms with Crippen molar-refractivity contribution < 1.29 is 18.0 Å². The van der Waals surface area contributed by atoms with Crippen LogP contribution in [-0.4, -0.2) is 38.1 Å². The first-order valence-corrected chi connectivity index (χ1v) is 6.54. The molecule has 0 saturated carbocycles. The maximum absolute atomic E-state index is 12.9. The molecule has 0 aliphatic heterocycles. The van der Waals surface area contributed by atoms with Gasteiger partial charge in [-0.05, 0) is 18.6 Å². The number of aromatic nitrogens is 1. The van der Waals surface area contributed by atoms with Crippen molar-refractivity contribution in [1.29, 1.82) is 0 Å². The van der Waals surface area contributed by atoms with Gasteiger partial charge in [0.25, 0.3) is 0 Å². The lowest BCUT2D eigenvalue weighted by atomic mass is 10.2. The van der Waals surface area contributed by atoms with Gasteiger partial charge in [0.1, 0.15) is 11.6 Å². The van der Waals surface area contributed by atoms with E-state index in [1.165, 1.54) is 19.0 Å². The summed E-state index contributed by atoms with van der Waals surface area (Å²) >= 11 is 0. The highest BCUT2D eigenvalue weighted by molar-refractivity contribution is 5.80. The molecule has 8 heteroatoms. The molecular formula is C13H19F3N4O. The molecular weight excluding hydrogens is 285 g/mol. The zero-order valence-corrected chi connectivity index (χ0v) is 12.2. The molecule has 5 nitrogen and oxygen atoms in total. The molecule has 0 fully saturated rings. The van der Waals surface area contributed by atoms with Gasteiger partial charge in [-0.15, -0.1) is 0 Å². The van der Waals surface area contributed by atoms with Gasteiger partial charge < -0.3 is 15.5 Å². The van der Waals surface area contributed by atoms with Crippen LogP contribution in [0.1, 0.15) is 18.9 Å². The van der Waals surface area contributed by atoms with Crippen LogP contribution in [0, 0.1) is 0 Å². The molecule has 0 atom stereocenters. The minimum Gasteiger partial charge on any atom is -0.373 e. The van der Waals surface area contributed by atoms with E-state index in [-0.39, 0.29) is 24.1 Å². The second-order valence-corrected chi connectivity index (χ2v) is 4.44. The number of alkyl halides is 3. The first-order valence-electron chi connectivity index (χ1n) is 6.54. The molecule has 0 aliphatic rings. The molecule has 0 aromatic carbocycles. The minimum atomic E-state index is -4.46. The maximum Gasteiger partial charge on any atom is 0.416 e. The fourth-order valence-corrected chi connectivity index (χ4v) is 1.77. The molecule has 0 saturated heterocycles. The smallest absolute Gasteiger partial charge is 0.373 e. The van der Waals surface area contributed by atoms with E-state index in [1.807, 2.05) is 6.92 Å². The highest BCUT2D eigenvalue weighted by Gasteiger charge is 2.32. The van der Waals surface area contributed by atoms with Crippen LogP contribution in [0.4, 0.5) is 24.8 Å². The molecule has 0 unspecified atom stereocenters. The van der Waals surface area contributed by atoms with Gasteiger partial charge in [-0.3, -0.25) is 4.79 Å². The number of anilines is 2. The minimum absolute atomic E-state index is 0.0399. The number of rotatable bonds is 6. The van der Waals surface area contributed by atoms with Crippen LogP contribution in [0.5, 0.6) is 0 Å². The maximum atomic E-state index is 12.9. The van der Waals surface area contributed by atoms with Crippen LogP contribution in [0.3, 0.4) is 0 Å². The van der Waals surface area contributed by atoms with Gasteiger partial charge in [0.15, 0.2) is 0 Å². The summed E-state index contributed by atoms with van der Waals surface area (Å²) in [5.41, 5.74) is -0.796. The van der Waals surface area contributed by atoms with Crippen molar-refractivity contribution in [2.45, 2.75) is 19.5 Å².